The number of aryl methyl sites for hydroxylation is 2. The molecule has 6 nitrogen and oxygen atoms in total. The average molecular weight is 404 g/mol. The van der Waals surface area contributed by atoms with Crippen molar-refractivity contribution in [3.05, 3.63) is 57.6 Å². The van der Waals surface area contributed by atoms with Crippen molar-refractivity contribution < 1.29 is 14.7 Å². The lowest BCUT2D eigenvalue weighted by Crippen LogP contribution is -2.24. The van der Waals surface area contributed by atoms with E-state index in [4.69, 9.17) is 0 Å². The SMILES string of the molecule is Cc1ccc(NC(=O)CC(=O)NN=Cc2cc(Br)ccc2O)c(C)c1. The summed E-state index contributed by atoms with van der Waals surface area (Å²) < 4.78 is 0.769. The maximum atomic E-state index is 11.9. The fourth-order valence-corrected chi connectivity index (χ4v) is 2.51. The third-order valence-corrected chi connectivity index (χ3v) is 3.85. The molecule has 0 aliphatic rings. The van der Waals surface area contributed by atoms with Gasteiger partial charge in [0.05, 0.1) is 6.21 Å². The van der Waals surface area contributed by atoms with E-state index in [1.54, 1.807) is 18.2 Å². The number of benzene rings is 2. The molecule has 7 heteroatoms. The van der Waals surface area contributed by atoms with Crippen molar-refractivity contribution in [1.82, 2.24) is 5.43 Å². The Bertz CT molecular complexity index is 834. The number of amides is 2. The molecule has 0 fully saturated rings. The maximum Gasteiger partial charge on any atom is 0.249 e. The number of phenols is 1. The molecule has 0 atom stereocenters. The highest BCUT2D eigenvalue weighted by molar-refractivity contribution is 9.10. The van der Waals surface area contributed by atoms with Crippen LogP contribution in [0.25, 0.3) is 0 Å². The van der Waals surface area contributed by atoms with Crippen LogP contribution >= 0.6 is 15.9 Å². The number of carbonyl (C=O) groups excluding carboxylic acids is 2. The van der Waals surface area contributed by atoms with Crippen molar-refractivity contribution in [3.8, 4) is 5.75 Å². The summed E-state index contributed by atoms with van der Waals surface area (Å²) in [6, 6.07) is 10.5. The minimum Gasteiger partial charge on any atom is -0.507 e. The molecule has 0 saturated carbocycles. The van der Waals surface area contributed by atoms with E-state index in [1.807, 2.05) is 26.0 Å². The van der Waals surface area contributed by atoms with Gasteiger partial charge in [-0.25, -0.2) is 5.43 Å². The van der Waals surface area contributed by atoms with Crippen LogP contribution in [0.2, 0.25) is 0 Å². The smallest absolute Gasteiger partial charge is 0.249 e. The van der Waals surface area contributed by atoms with Gasteiger partial charge in [-0.05, 0) is 43.7 Å². The molecule has 0 aromatic heterocycles. The maximum absolute atomic E-state index is 11.9. The first-order valence-electron chi connectivity index (χ1n) is 7.52. The molecule has 0 heterocycles. The number of carbonyl (C=O) groups is 2. The second kappa shape index (κ2) is 8.43. The van der Waals surface area contributed by atoms with E-state index >= 15 is 0 Å². The Morgan fingerprint density at radius 1 is 1.16 bits per heavy atom. The molecule has 0 radical (unpaired) electrons. The van der Waals surface area contributed by atoms with Crippen LogP contribution in [-0.4, -0.2) is 23.1 Å². The third-order valence-electron chi connectivity index (χ3n) is 3.36. The molecule has 0 bridgehead atoms. The van der Waals surface area contributed by atoms with Gasteiger partial charge in [0, 0.05) is 15.7 Å². The van der Waals surface area contributed by atoms with Crippen LogP contribution in [0, 0.1) is 13.8 Å². The van der Waals surface area contributed by atoms with Crippen molar-refractivity contribution in [3.63, 3.8) is 0 Å². The van der Waals surface area contributed by atoms with Crippen LogP contribution in [0.15, 0.2) is 46.0 Å². The first kappa shape index (κ1) is 18.7. The molecule has 2 aromatic rings. The molecule has 2 amide bonds. The molecule has 0 unspecified atom stereocenters. The van der Waals surface area contributed by atoms with Gasteiger partial charge in [0.1, 0.15) is 12.2 Å². The predicted molar refractivity (Wildman–Crippen MR) is 101 cm³/mol. The van der Waals surface area contributed by atoms with Crippen LogP contribution in [0.5, 0.6) is 5.75 Å². The Morgan fingerprint density at radius 2 is 1.92 bits per heavy atom. The molecule has 130 valence electrons. The van der Waals surface area contributed by atoms with Gasteiger partial charge < -0.3 is 10.4 Å². The molecular formula is C18H18BrN3O3. The number of hydrazone groups is 1. The van der Waals surface area contributed by atoms with E-state index in [0.717, 1.165) is 15.6 Å². The van der Waals surface area contributed by atoms with Gasteiger partial charge in [0.2, 0.25) is 11.8 Å². The highest BCUT2D eigenvalue weighted by Crippen LogP contribution is 2.20. The monoisotopic (exact) mass is 403 g/mol. The summed E-state index contributed by atoms with van der Waals surface area (Å²) in [4.78, 5) is 23.7. The third kappa shape index (κ3) is 5.72. The Balaban J connectivity index is 1.88. The number of hydrogen-bond acceptors (Lipinski definition) is 4. The fraction of sp³-hybridized carbons (Fsp3) is 0.167. The lowest BCUT2D eigenvalue weighted by molar-refractivity contribution is -0.126. The van der Waals surface area contributed by atoms with Crippen molar-refractivity contribution >= 4 is 39.6 Å². The summed E-state index contributed by atoms with van der Waals surface area (Å²) in [5.74, 6) is -0.938. The largest absolute Gasteiger partial charge is 0.507 e. The van der Waals surface area contributed by atoms with Crippen LogP contribution in [0.3, 0.4) is 0 Å². The molecule has 0 spiro atoms. The summed E-state index contributed by atoms with van der Waals surface area (Å²) >= 11 is 3.28. The zero-order chi connectivity index (χ0) is 18.4. The lowest BCUT2D eigenvalue weighted by atomic mass is 10.1. The number of nitrogens with zero attached hydrogens (tertiary/aromatic N) is 1. The highest BCUT2D eigenvalue weighted by Gasteiger charge is 2.10. The van der Waals surface area contributed by atoms with E-state index < -0.39 is 11.8 Å². The summed E-state index contributed by atoms with van der Waals surface area (Å²) in [6.45, 7) is 3.85. The van der Waals surface area contributed by atoms with Crippen LogP contribution in [0.1, 0.15) is 23.1 Å². The van der Waals surface area contributed by atoms with E-state index in [0.29, 0.717) is 11.3 Å². The minimum atomic E-state index is -0.548. The lowest BCUT2D eigenvalue weighted by Gasteiger charge is -2.08. The Morgan fingerprint density at radius 3 is 2.64 bits per heavy atom. The molecule has 0 aliphatic heterocycles. The van der Waals surface area contributed by atoms with Gasteiger partial charge in [-0.2, -0.15) is 5.10 Å². The van der Waals surface area contributed by atoms with Crippen molar-refractivity contribution in [2.45, 2.75) is 20.3 Å². The number of phenolic OH excluding ortho intramolecular Hbond substituents is 1. The second-order valence-corrected chi connectivity index (χ2v) is 6.46. The standard InChI is InChI=1S/C18H18BrN3O3/c1-11-3-5-15(12(2)7-11)21-17(24)9-18(25)22-20-10-13-8-14(19)4-6-16(13)23/h3-8,10,23H,9H2,1-2H3,(H,21,24)(H,22,25). The number of anilines is 1. The van der Waals surface area contributed by atoms with Gasteiger partial charge >= 0.3 is 0 Å². The van der Waals surface area contributed by atoms with E-state index in [9.17, 15) is 14.7 Å². The average Bonchev–Trinajstić information content (AvgIpc) is 2.53. The van der Waals surface area contributed by atoms with E-state index in [2.05, 4.69) is 31.8 Å². The number of aromatic hydroxyl groups is 1. The van der Waals surface area contributed by atoms with Gasteiger partial charge in [0.15, 0.2) is 0 Å². The predicted octanol–water partition coefficient (Wildman–Crippen LogP) is 3.25. The van der Waals surface area contributed by atoms with E-state index in [1.165, 1.54) is 12.3 Å². The second-order valence-electron chi connectivity index (χ2n) is 5.54. The Labute approximate surface area is 154 Å². The summed E-state index contributed by atoms with van der Waals surface area (Å²) in [5.41, 5.74) is 5.40. The van der Waals surface area contributed by atoms with Gasteiger partial charge in [0.25, 0.3) is 0 Å². The minimum absolute atomic E-state index is 0.0359. The molecule has 25 heavy (non-hydrogen) atoms. The molecule has 0 aliphatic carbocycles. The Hall–Kier alpha value is -2.67. The molecule has 2 rings (SSSR count). The molecule has 3 N–H and O–H groups in total. The van der Waals surface area contributed by atoms with Crippen molar-refractivity contribution in [1.29, 1.82) is 0 Å². The van der Waals surface area contributed by atoms with Crippen LogP contribution in [-0.2, 0) is 9.59 Å². The van der Waals surface area contributed by atoms with E-state index in [-0.39, 0.29) is 12.2 Å². The first-order chi connectivity index (χ1) is 11.8. The first-order valence-corrected chi connectivity index (χ1v) is 8.32. The normalized spacial score (nSPS) is 10.7. The van der Waals surface area contributed by atoms with Gasteiger partial charge in [-0.15, -0.1) is 0 Å². The summed E-state index contributed by atoms with van der Waals surface area (Å²) in [6.07, 6.45) is 0.954. The molecule has 0 saturated heterocycles. The van der Waals surface area contributed by atoms with Crippen LogP contribution < -0.4 is 10.7 Å². The zero-order valence-corrected chi connectivity index (χ0v) is 15.4. The zero-order valence-electron chi connectivity index (χ0n) is 13.8. The van der Waals surface area contributed by atoms with Gasteiger partial charge in [-0.1, -0.05) is 33.6 Å². The topological polar surface area (TPSA) is 90.8 Å². The number of halogens is 1. The molecule has 2 aromatic carbocycles. The fourth-order valence-electron chi connectivity index (χ4n) is 2.14. The quantitative estimate of drug-likeness (QED) is 0.406. The highest BCUT2D eigenvalue weighted by atomic mass is 79.9. The summed E-state index contributed by atoms with van der Waals surface area (Å²) in [7, 11) is 0. The molecular weight excluding hydrogens is 386 g/mol. The Kier molecular flexibility index (Phi) is 6.30. The van der Waals surface area contributed by atoms with Gasteiger partial charge in [-0.3, -0.25) is 9.59 Å². The number of hydrogen-bond donors (Lipinski definition) is 3. The van der Waals surface area contributed by atoms with Crippen LogP contribution in [0.4, 0.5) is 5.69 Å². The van der Waals surface area contributed by atoms with Crippen molar-refractivity contribution in [2.75, 3.05) is 5.32 Å². The van der Waals surface area contributed by atoms with Crippen molar-refractivity contribution in [2.24, 2.45) is 5.10 Å². The summed E-state index contributed by atoms with van der Waals surface area (Å²) in [5, 5.41) is 16.1. The number of nitrogens with one attached hydrogen (secondary N) is 2. The number of rotatable bonds is 5.